The van der Waals surface area contributed by atoms with Gasteiger partial charge in [-0.15, -0.1) is 0 Å². The van der Waals surface area contributed by atoms with Crippen LogP contribution in [0.15, 0.2) is 54.6 Å². The normalized spacial score (nSPS) is 12.8. The number of carbonyl (C=O) groups is 1. The molecule has 2 aromatic carbocycles. The molecule has 0 amide bonds. The fourth-order valence-corrected chi connectivity index (χ4v) is 4.05. The first kappa shape index (κ1) is 21.7. The first-order valence-electron chi connectivity index (χ1n) is 8.23. The summed E-state index contributed by atoms with van der Waals surface area (Å²) in [5.74, 6) is -0.532. The van der Waals surface area contributed by atoms with E-state index >= 15 is 0 Å². The molecule has 8 nitrogen and oxygen atoms in total. The average molecular weight is 427 g/mol. The highest BCUT2D eigenvalue weighted by Crippen LogP contribution is 2.26. The van der Waals surface area contributed by atoms with Crippen LogP contribution in [0.25, 0.3) is 0 Å². The summed E-state index contributed by atoms with van der Waals surface area (Å²) in [5, 5.41) is 0. The Kier molecular flexibility index (Phi) is 6.68. The quantitative estimate of drug-likeness (QED) is 0.648. The third kappa shape index (κ3) is 6.54. The zero-order valence-electron chi connectivity index (χ0n) is 15.7. The van der Waals surface area contributed by atoms with Crippen molar-refractivity contribution in [3.8, 4) is 0 Å². The molecule has 2 rings (SSSR count). The minimum Gasteiger partial charge on any atom is -0.456 e. The SMILES string of the molecule is CC(=O)OC(CN(c1ccc(NS(C)(=O)=O)cc1)S(C)(=O)=O)c1ccccc1. The van der Waals surface area contributed by atoms with Crippen molar-refractivity contribution in [2.45, 2.75) is 13.0 Å². The Morgan fingerprint density at radius 2 is 1.57 bits per heavy atom. The molecule has 0 aliphatic carbocycles. The highest BCUT2D eigenvalue weighted by molar-refractivity contribution is 7.92. The van der Waals surface area contributed by atoms with Gasteiger partial charge in [0.05, 0.1) is 24.7 Å². The zero-order chi connectivity index (χ0) is 20.9. The zero-order valence-corrected chi connectivity index (χ0v) is 17.3. The third-order valence-corrected chi connectivity index (χ3v) is 5.44. The molecule has 0 saturated heterocycles. The van der Waals surface area contributed by atoms with Crippen molar-refractivity contribution >= 4 is 37.4 Å². The Morgan fingerprint density at radius 1 is 1.00 bits per heavy atom. The molecule has 0 aliphatic rings. The minimum atomic E-state index is -3.70. The summed E-state index contributed by atoms with van der Waals surface area (Å²) in [5.41, 5.74) is 1.27. The fraction of sp³-hybridized carbons (Fsp3) is 0.278. The highest BCUT2D eigenvalue weighted by Gasteiger charge is 2.25. The van der Waals surface area contributed by atoms with Crippen LogP contribution in [0.1, 0.15) is 18.6 Å². The number of sulfonamides is 2. The Morgan fingerprint density at radius 3 is 2.04 bits per heavy atom. The summed E-state index contributed by atoms with van der Waals surface area (Å²) in [6.45, 7) is 1.13. The molecule has 2 aromatic rings. The van der Waals surface area contributed by atoms with Gasteiger partial charge in [0.1, 0.15) is 6.10 Å². The molecule has 0 radical (unpaired) electrons. The van der Waals surface area contributed by atoms with Crippen LogP contribution >= 0.6 is 0 Å². The summed E-state index contributed by atoms with van der Waals surface area (Å²) >= 11 is 0. The molecule has 0 heterocycles. The van der Waals surface area contributed by atoms with Gasteiger partial charge >= 0.3 is 5.97 Å². The maximum Gasteiger partial charge on any atom is 0.303 e. The lowest BCUT2D eigenvalue weighted by Crippen LogP contribution is -2.35. The van der Waals surface area contributed by atoms with Gasteiger partial charge in [0, 0.05) is 12.6 Å². The molecule has 152 valence electrons. The summed E-state index contributed by atoms with van der Waals surface area (Å²) in [6.07, 6.45) is 1.26. The number of anilines is 2. The van der Waals surface area contributed by atoms with Gasteiger partial charge in [0.15, 0.2) is 0 Å². The summed E-state index contributed by atoms with van der Waals surface area (Å²) in [7, 11) is -7.15. The monoisotopic (exact) mass is 426 g/mol. The molecule has 0 aromatic heterocycles. The Hall–Kier alpha value is -2.59. The minimum absolute atomic E-state index is 0.124. The average Bonchev–Trinajstić information content (AvgIpc) is 2.57. The van der Waals surface area contributed by atoms with Gasteiger partial charge < -0.3 is 4.74 Å². The van der Waals surface area contributed by atoms with Gasteiger partial charge in [-0.25, -0.2) is 16.8 Å². The van der Waals surface area contributed by atoms with Crippen LogP contribution in [0.4, 0.5) is 11.4 Å². The number of rotatable bonds is 8. The molecular weight excluding hydrogens is 404 g/mol. The van der Waals surface area contributed by atoms with Gasteiger partial charge in [0.2, 0.25) is 20.0 Å². The van der Waals surface area contributed by atoms with E-state index in [0.717, 1.165) is 16.8 Å². The Balaban J connectivity index is 2.36. The predicted octanol–water partition coefficient (Wildman–Crippen LogP) is 2.13. The summed E-state index contributed by atoms with van der Waals surface area (Å²) < 4.78 is 56.1. The number of benzene rings is 2. The molecule has 0 saturated carbocycles. The second-order valence-electron chi connectivity index (χ2n) is 6.22. The van der Waals surface area contributed by atoms with E-state index in [0.29, 0.717) is 16.9 Å². The molecule has 10 heteroatoms. The molecule has 0 spiro atoms. The van der Waals surface area contributed by atoms with Gasteiger partial charge in [-0.05, 0) is 29.8 Å². The van der Waals surface area contributed by atoms with Gasteiger partial charge in [-0.3, -0.25) is 13.8 Å². The van der Waals surface area contributed by atoms with E-state index in [1.54, 1.807) is 30.3 Å². The van der Waals surface area contributed by atoms with Crippen molar-refractivity contribution in [3.05, 3.63) is 60.2 Å². The number of esters is 1. The molecule has 28 heavy (non-hydrogen) atoms. The van der Waals surface area contributed by atoms with Crippen molar-refractivity contribution in [1.82, 2.24) is 0 Å². The van der Waals surface area contributed by atoms with Crippen molar-refractivity contribution in [2.24, 2.45) is 0 Å². The molecule has 0 bridgehead atoms. The Bertz CT molecular complexity index is 1020. The smallest absolute Gasteiger partial charge is 0.303 e. The lowest BCUT2D eigenvalue weighted by atomic mass is 10.1. The maximum atomic E-state index is 12.4. The largest absolute Gasteiger partial charge is 0.456 e. The number of hydrogen-bond acceptors (Lipinski definition) is 6. The van der Waals surface area contributed by atoms with Crippen molar-refractivity contribution in [3.63, 3.8) is 0 Å². The van der Waals surface area contributed by atoms with Crippen molar-refractivity contribution in [1.29, 1.82) is 0 Å². The maximum absolute atomic E-state index is 12.4. The van der Waals surface area contributed by atoms with Gasteiger partial charge in [0.25, 0.3) is 0 Å². The molecule has 1 atom stereocenters. The van der Waals surface area contributed by atoms with Crippen LogP contribution in [0.2, 0.25) is 0 Å². The second-order valence-corrected chi connectivity index (χ2v) is 9.88. The predicted molar refractivity (Wildman–Crippen MR) is 108 cm³/mol. The topological polar surface area (TPSA) is 110 Å². The van der Waals surface area contributed by atoms with Crippen LogP contribution in [0, 0.1) is 0 Å². The van der Waals surface area contributed by atoms with E-state index in [2.05, 4.69) is 4.72 Å². The number of ether oxygens (including phenoxy) is 1. The van der Waals surface area contributed by atoms with Crippen LogP contribution in [-0.2, 0) is 29.6 Å². The fourth-order valence-electron chi connectivity index (χ4n) is 2.57. The standard InChI is InChI=1S/C18H22N2O6S2/c1-14(21)26-18(15-7-5-4-6-8-15)13-20(28(3,24)25)17-11-9-16(10-12-17)19-27(2,22)23/h4-12,18-19H,13H2,1-3H3. The van der Waals surface area contributed by atoms with Crippen LogP contribution in [-0.4, -0.2) is 41.9 Å². The number of carbonyl (C=O) groups excluding carboxylic acids is 1. The van der Waals surface area contributed by atoms with E-state index in [-0.39, 0.29) is 6.54 Å². The molecule has 0 fully saturated rings. The van der Waals surface area contributed by atoms with Gasteiger partial charge in [-0.1, -0.05) is 30.3 Å². The van der Waals surface area contributed by atoms with Crippen molar-refractivity contribution < 1.29 is 26.4 Å². The first-order chi connectivity index (χ1) is 13.0. The molecule has 0 aliphatic heterocycles. The lowest BCUT2D eigenvalue weighted by Gasteiger charge is -2.27. The van der Waals surface area contributed by atoms with E-state index in [9.17, 15) is 21.6 Å². The highest BCUT2D eigenvalue weighted by atomic mass is 32.2. The van der Waals surface area contributed by atoms with Crippen molar-refractivity contribution in [2.75, 3.05) is 28.1 Å². The number of nitrogens with zero attached hydrogens (tertiary/aromatic N) is 1. The molecule has 1 N–H and O–H groups in total. The molecule has 1 unspecified atom stereocenters. The second kappa shape index (κ2) is 8.61. The summed E-state index contributed by atoms with van der Waals surface area (Å²) in [6, 6.07) is 14.7. The van der Waals surface area contributed by atoms with Crippen LogP contribution in [0.3, 0.4) is 0 Å². The number of hydrogen-bond donors (Lipinski definition) is 1. The summed E-state index contributed by atoms with van der Waals surface area (Å²) in [4.78, 5) is 11.5. The number of nitrogens with one attached hydrogen (secondary N) is 1. The first-order valence-corrected chi connectivity index (χ1v) is 12.0. The third-order valence-electron chi connectivity index (χ3n) is 3.67. The van der Waals surface area contributed by atoms with E-state index < -0.39 is 32.1 Å². The van der Waals surface area contributed by atoms with Gasteiger partial charge in [-0.2, -0.15) is 0 Å². The van der Waals surface area contributed by atoms with E-state index in [4.69, 9.17) is 4.74 Å². The van der Waals surface area contributed by atoms with E-state index in [1.807, 2.05) is 0 Å². The van der Waals surface area contributed by atoms with Crippen LogP contribution in [0.5, 0.6) is 0 Å². The molecular formula is C18H22N2O6S2. The van der Waals surface area contributed by atoms with E-state index in [1.165, 1.54) is 31.2 Å². The lowest BCUT2D eigenvalue weighted by molar-refractivity contribution is -0.146. The van der Waals surface area contributed by atoms with Crippen LogP contribution < -0.4 is 9.03 Å². The Labute approximate surface area is 165 Å².